The average Bonchev–Trinajstić information content (AvgIpc) is 2.75. The number of hydrogen-bond donors (Lipinski definition) is 0. The second-order valence-corrected chi connectivity index (χ2v) is 7.73. The number of carbonyl (C=O) groups is 1. The molecule has 2 saturated heterocycles. The summed E-state index contributed by atoms with van der Waals surface area (Å²) in [6, 6.07) is 10.7. The summed E-state index contributed by atoms with van der Waals surface area (Å²) >= 11 is 0. The second-order valence-electron chi connectivity index (χ2n) is 7.73. The third-order valence-corrected chi connectivity index (χ3v) is 5.81. The number of nitrogens with zero attached hydrogens (tertiary/aromatic N) is 4. The van der Waals surface area contributed by atoms with Gasteiger partial charge in [-0.05, 0) is 50.0 Å². The minimum Gasteiger partial charge on any atom is -0.355 e. The van der Waals surface area contributed by atoms with Gasteiger partial charge in [-0.2, -0.15) is 0 Å². The molecular weight excluding hydrogens is 336 g/mol. The number of rotatable bonds is 4. The average molecular weight is 364 g/mol. The van der Waals surface area contributed by atoms with Gasteiger partial charge in [-0.15, -0.1) is 0 Å². The van der Waals surface area contributed by atoms with Crippen LogP contribution < -0.4 is 4.90 Å². The Morgan fingerprint density at radius 1 is 0.926 bits per heavy atom. The first kappa shape index (κ1) is 18.0. The number of hydrogen-bond acceptors (Lipinski definition) is 4. The Balaban J connectivity index is 1.31. The molecule has 0 bridgehead atoms. The Bertz CT molecular complexity index is 733. The molecule has 2 aromatic rings. The molecule has 0 unspecified atom stereocenters. The van der Waals surface area contributed by atoms with Crippen LogP contribution in [0.3, 0.4) is 0 Å². The molecule has 142 valence electrons. The van der Waals surface area contributed by atoms with Gasteiger partial charge in [-0.25, -0.2) is 9.97 Å². The zero-order valence-electron chi connectivity index (χ0n) is 15.9. The van der Waals surface area contributed by atoms with Gasteiger partial charge in [-0.3, -0.25) is 4.79 Å². The molecule has 1 aromatic heterocycles. The Morgan fingerprint density at radius 2 is 1.67 bits per heavy atom. The monoisotopic (exact) mass is 364 g/mol. The molecule has 0 aliphatic carbocycles. The van der Waals surface area contributed by atoms with Gasteiger partial charge < -0.3 is 9.80 Å². The Labute approximate surface area is 161 Å². The summed E-state index contributed by atoms with van der Waals surface area (Å²) < 4.78 is 0. The van der Waals surface area contributed by atoms with Crippen LogP contribution in [0, 0.1) is 5.92 Å². The highest BCUT2D eigenvalue weighted by Gasteiger charge is 2.22. The lowest BCUT2D eigenvalue weighted by molar-refractivity contribution is 0.0718. The summed E-state index contributed by atoms with van der Waals surface area (Å²) in [5.74, 6) is 1.65. The van der Waals surface area contributed by atoms with Crippen molar-refractivity contribution in [1.29, 1.82) is 0 Å². The van der Waals surface area contributed by atoms with Crippen molar-refractivity contribution >= 4 is 11.7 Å². The number of anilines is 1. The smallest absolute Gasteiger partial charge is 0.274 e. The Kier molecular flexibility index (Phi) is 5.66. The van der Waals surface area contributed by atoms with Crippen molar-refractivity contribution in [2.24, 2.45) is 5.92 Å². The first-order valence-corrected chi connectivity index (χ1v) is 10.2. The summed E-state index contributed by atoms with van der Waals surface area (Å²) in [7, 11) is 0. The highest BCUT2D eigenvalue weighted by molar-refractivity contribution is 5.92. The normalized spacial score (nSPS) is 18.5. The van der Waals surface area contributed by atoms with E-state index in [2.05, 4.69) is 45.2 Å². The van der Waals surface area contributed by atoms with Crippen LogP contribution in [0.1, 0.15) is 48.2 Å². The molecule has 2 aliphatic heterocycles. The third-order valence-electron chi connectivity index (χ3n) is 5.81. The molecule has 1 aromatic carbocycles. The Hall–Kier alpha value is -2.43. The molecule has 27 heavy (non-hydrogen) atoms. The molecule has 0 atom stereocenters. The van der Waals surface area contributed by atoms with Gasteiger partial charge in [0, 0.05) is 26.2 Å². The lowest BCUT2D eigenvalue weighted by Crippen LogP contribution is -2.37. The maximum Gasteiger partial charge on any atom is 0.274 e. The fraction of sp³-hybridized carbons (Fsp3) is 0.500. The molecule has 5 heteroatoms. The number of aromatic nitrogens is 2. The van der Waals surface area contributed by atoms with E-state index in [0.717, 1.165) is 57.2 Å². The van der Waals surface area contributed by atoms with Crippen molar-refractivity contribution in [1.82, 2.24) is 14.9 Å². The lowest BCUT2D eigenvalue weighted by atomic mass is 9.90. The van der Waals surface area contributed by atoms with E-state index in [4.69, 9.17) is 0 Å². The van der Waals surface area contributed by atoms with Crippen molar-refractivity contribution < 1.29 is 4.79 Å². The SMILES string of the molecule is O=C(c1cnc(N2CCC(Cc3ccccc3)CC2)cn1)N1CCCCC1. The van der Waals surface area contributed by atoms with Crippen LogP contribution in [0.4, 0.5) is 5.82 Å². The summed E-state index contributed by atoms with van der Waals surface area (Å²) in [6.07, 6.45) is 10.3. The van der Waals surface area contributed by atoms with Crippen LogP contribution in [0.2, 0.25) is 0 Å². The molecule has 5 nitrogen and oxygen atoms in total. The third kappa shape index (κ3) is 4.46. The van der Waals surface area contributed by atoms with E-state index in [1.165, 1.54) is 24.8 Å². The lowest BCUT2D eigenvalue weighted by Gasteiger charge is -2.32. The predicted molar refractivity (Wildman–Crippen MR) is 107 cm³/mol. The molecular formula is C22H28N4O. The molecule has 0 spiro atoms. The minimum atomic E-state index is 0.0234. The zero-order valence-corrected chi connectivity index (χ0v) is 15.9. The number of likely N-dealkylation sites (tertiary alicyclic amines) is 1. The molecule has 0 saturated carbocycles. The number of carbonyl (C=O) groups excluding carboxylic acids is 1. The summed E-state index contributed by atoms with van der Waals surface area (Å²) in [4.78, 5) is 25.7. The maximum absolute atomic E-state index is 12.5. The minimum absolute atomic E-state index is 0.0234. The van der Waals surface area contributed by atoms with Crippen molar-refractivity contribution in [2.45, 2.75) is 38.5 Å². The molecule has 0 N–H and O–H groups in total. The standard InChI is InChI=1S/C22H28N4O/c27-22(26-11-5-2-6-12-26)20-16-24-21(17-23-20)25-13-9-19(10-14-25)15-18-7-3-1-4-8-18/h1,3-4,7-8,16-17,19H,2,5-6,9-15H2. The van der Waals surface area contributed by atoms with Crippen molar-refractivity contribution in [2.75, 3.05) is 31.1 Å². The summed E-state index contributed by atoms with van der Waals surface area (Å²) in [5.41, 5.74) is 1.90. The van der Waals surface area contributed by atoms with E-state index < -0.39 is 0 Å². The fourth-order valence-corrected chi connectivity index (χ4v) is 4.17. The molecule has 2 fully saturated rings. The van der Waals surface area contributed by atoms with Crippen LogP contribution in [-0.4, -0.2) is 47.0 Å². The zero-order chi connectivity index (χ0) is 18.5. The largest absolute Gasteiger partial charge is 0.355 e. The van der Waals surface area contributed by atoms with Crippen LogP contribution in [0.25, 0.3) is 0 Å². The van der Waals surface area contributed by atoms with Gasteiger partial charge in [0.15, 0.2) is 0 Å². The van der Waals surface area contributed by atoms with E-state index in [1.807, 2.05) is 4.90 Å². The van der Waals surface area contributed by atoms with E-state index in [9.17, 15) is 4.79 Å². The molecule has 4 rings (SSSR count). The quantitative estimate of drug-likeness (QED) is 0.832. The molecule has 2 aliphatic rings. The Morgan fingerprint density at radius 3 is 2.33 bits per heavy atom. The van der Waals surface area contributed by atoms with Crippen LogP contribution in [-0.2, 0) is 6.42 Å². The number of amides is 1. The van der Waals surface area contributed by atoms with Gasteiger partial charge in [0.1, 0.15) is 11.5 Å². The maximum atomic E-state index is 12.5. The van der Waals surface area contributed by atoms with Crippen molar-refractivity contribution in [3.05, 3.63) is 54.0 Å². The van der Waals surface area contributed by atoms with Gasteiger partial charge in [-0.1, -0.05) is 30.3 Å². The number of benzene rings is 1. The van der Waals surface area contributed by atoms with Crippen LogP contribution >= 0.6 is 0 Å². The summed E-state index contributed by atoms with van der Waals surface area (Å²) in [6.45, 7) is 3.70. The highest BCUT2D eigenvalue weighted by Crippen LogP contribution is 2.24. The van der Waals surface area contributed by atoms with E-state index in [-0.39, 0.29) is 5.91 Å². The first-order valence-electron chi connectivity index (χ1n) is 10.2. The first-order chi connectivity index (χ1) is 13.3. The predicted octanol–water partition coefficient (Wildman–Crippen LogP) is 3.56. The van der Waals surface area contributed by atoms with Crippen molar-refractivity contribution in [3.63, 3.8) is 0 Å². The van der Waals surface area contributed by atoms with E-state index in [0.29, 0.717) is 5.69 Å². The van der Waals surface area contributed by atoms with Gasteiger partial charge >= 0.3 is 0 Å². The topological polar surface area (TPSA) is 49.3 Å². The van der Waals surface area contributed by atoms with Crippen LogP contribution in [0.15, 0.2) is 42.7 Å². The molecule has 0 radical (unpaired) electrons. The molecule has 3 heterocycles. The number of piperidine rings is 2. The fourth-order valence-electron chi connectivity index (χ4n) is 4.17. The highest BCUT2D eigenvalue weighted by atomic mass is 16.2. The molecule has 1 amide bonds. The van der Waals surface area contributed by atoms with E-state index >= 15 is 0 Å². The van der Waals surface area contributed by atoms with Crippen molar-refractivity contribution in [3.8, 4) is 0 Å². The van der Waals surface area contributed by atoms with Gasteiger partial charge in [0.25, 0.3) is 5.91 Å². The summed E-state index contributed by atoms with van der Waals surface area (Å²) in [5, 5.41) is 0. The van der Waals surface area contributed by atoms with Gasteiger partial charge in [0.05, 0.1) is 12.4 Å². The van der Waals surface area contributed by atoms with E-state index in [1.54, 1.807) is 12.4 Å². The van der Waals surface area contributed by atoms with Crippen LogP contribution in [0.5, 0.6) is 0 Å². The second kappa shape index (κ2) is 8.51. The van der Waals surface area contributed by atoms with Gasteiger partial charge in [0.2, 0.25) is 0 Å².